The van der Waals surface area contributed by atoms with Gasteiger partial charge in [0.2, 0.25) is 0 Å². The van der Waals surface area contributed by atoms with Crippen molar-refractivity contribution in [2.75, 3.05) is 0 Å². The van der Waals surface area contributed by atoms with Gasteiger partial charge in [0, 0.05) is 18.8 Å². The fraction of sp³-hybridized carbons (Fsp3) is 0.688. The van der Waals surface area contributed by atoms with Crippen molar-refractivity contribution in [3.05, 3.63) is 29.6 Å². The molecule has 2 nitrogen and oxygen atoms in total. The maximum Gasteiger partial charge on any atom is 0.0573 e. The van der Waals surface area contributed by atoms with Gasteiger partial charge in [-0.2, -0.15) is 0 Å². The van der Waals surface area contributed by atoms with Gasteiger partial charge in [-0.25, -0.2) is 0 Å². The molecule has 1 unspecified atom stereocenters. The Morgan fingerprint density at radius 2 is 2.28 bits per heavy atom. The molecule has 0 radical (unpaired) electrons. The average Bonchev–Trinajstić information content (AvgIpc) is 2.35. The van der Waals surface area contributed by atoms with Gasteiger partial charge in [-0.1, -0.05) is 33.3 Å². The van der Waals surface area contributed by atoms with Crippen molar-refractivity contribution < 1.29 is 0 Å². The van der Waals surface area contributed by atoms with Crippen molar-refractivity contribution in [2.45, 2.75) is 65.5 Å². The molecule has 1 heterocycles. The van der Waals surface area contributed by atoms with Gasteiger partial charge in [0.25, 0.3) is 0 Å². The topological polar surface area (TPSA) is 24.9 Å². The Labute approximate surface area is 111 Å². The van der Waals surface area contributed by atoms with Crippen LogP contribution >= 0.6 is 0 Å². The van der Waals surface area contributed by atoms with Gasteiger partial charge in [-0.05, 0) is 42.7 Å². The lowest BCUT2D eigenvalue weighted by Gasteiger charge is -2.35. The minimum atomic E-state index is 0.508. The maximum absolute atomic E-state index is 4.51. The summed E-state index contributed by atoms with van der Waals surface area (Å²) in [6.45, 7) is 7.90. The van der Waals surface area contributed by atoms with Crippen LogP contribution in [-0.2, 0) is 13.0 Å². The molecule has 2 heteroatoms. The highest BCUT2D eigenvalue weighted by molar-refractivity contribution is 5.19. The number of pyridine rings is 1. The van der Waals surface area contributed by atoms with Crippen LogP contribution in [0.25, 0.3) is 0 Å². The monoisotopic (exact) mass is 246 g/mol. The van der Waals surface area contributed by atoms with Crippen LogP contribution in [0.4, 0.5) is 0 Å². The van der Waals surface area contributed by atoms with Crippen LogP contribution in [0.5, 0.6) is 0 Å². The smallest absolute Gasteiger partial charge is 0.0573 e. The van der Waals surface area contributed by atoms with E-state index in [1.54, 1.807) is 0 Å². The first-order valence-corrected chi connectivity index (χ1v) is 7.27. The van der Waals surface area contributed by atoms with Gasteiger partial charge in [0.15, 0.2) is 0 Å². The number of rotatable bonds is 4. The number of aryl methyl sites for hydroxylation is 1. The summed E-state index contributed by atoms with van der Waals surface area (Å²) < 4.78 is 0. The molecule has 1 aromatic rings. The van der Waals surface area contributed by atoms with Crippen LogP contribution in [0.15, 0.2) is 18.3 Å². The SMILES string of the molecule is CCc1cccnc1CNC1CCCC(C)(C)C1. The van der Waals surface area contributed by atoms with Crippen LogP contribution in [0, 0.1) is 5.41 Å². The highest BCUT2D eigenvalue weighted by atomic mass is 14.9. The number of nitrogens with one attached hydrogen (secondary N) is 1. The summed E-state index contributed by atoms with van der Waals surface area (Å²) in [7, 11) is 0. The second kappa shape index (κ2) is 5.83. The van der Waals surface area contributed by atoms with Gasteiger partial charge in [0.1, 0.15) is 0 Å². The third-order valence-corrected chi connectivity index (χ3v) is 4.13. The summed E-state index contributed by atoms with van der Waals surface area (Å²) in [6.07, 6.45) is 8.31. The quantitative estimate of drug-likeness (QED) is 0.876. The molecule has 1 aliphatic carbocycles. The first kappa shape index (κ1) is 13.5. The van der Waals surface area contributed by atoms with Crippen molar-refractivity contribution in [1.29, 1.82) is 0 Å². The van der Waals surface area contributed by atoms with E-state index in [-0.39, 0.29) is 0 Å². The molecule has 1 aliphatic rings. The Morgan fingerprint density at radius 3 is 3.00 bits per heavy atom. The molecule has 1 atom stereocenters. The van der Waals surface area contributed by atoms with E-state index in [1.165, 1.54) is 36.9 Å². The standard InChI is InChI=1S/C16H26N2/c1-4-13-7-6-10-17-15(13)12-18-14-8-5-9-16(2,3)11-14/h6-7,10,14,18H,4-5,8-9,11-12H2,1-3H3. The van der Waals surface area contributed by atoms with Crippen LogP contribution in [0.1, 0.15) is 57.7 Å². The van der Waals surface area contributed by atoms with Gasteiger partial charge in [0.05, 0.1) is 5.69 Å². The second-order valence-corrected chi connectivity index (χ2v) is 6.30. The zero-order chi connectivity index (χ0) is 13.0. The molecule has 1 fully saturated rings. The van der Waals surface area contributed by atoms with E-state index in [0.29, 0.717) is 11.5 Å². The molecule has 2 rings (SSSR count). The first-order valence-electron chi connectivity index (χ1n) is 7.27. The summed E-state index contributed by atoms with van der Waals surface area (Å²) in [5.74, 6) is 0. The molecule has 0 bridgehead atoms. The predicted molar refractivity (Wildman–Crippen MR) is 76.5 cm³/mol. The first-order chi connectivity index (χ1) is 8.61. The zero-order valence-electron chi connectivity index (χ0n) is 12.0. The summed E-state index contributed by atoms with van der Waals surface area (Å²) in [5, 5.41) is 3.71. The van der Waals surface area contributed by atoms with E-state index < -0.39 is 0 Å². The number of nitrogens with zero attached hydrogens (tertiary/aromatic N) is 1. The van der Waals surface area contributed by atoms with Crippen molar-refractivity contribution >= 4 is 0 Å². The van der Waals surface area contributed by atoms with Gasteiger partial charge in [-0.3, -0.25) is 4.98 Å². The van der Waals surface area contributed by atoms with E-state index in [9.17, 15) is 0 Å². The van der Waals surface area contributed by atoms with E-state index >= 15 is 0 Å². The molecule has 0 amide bonds. The molecule has 100 valence electrons. The van der Waals surface area contributed by atoms with Crippen LogP contribution < -0.4 is 5.32 Å². The number of aromatic nitrogens is 1. The summed E-state index contributed by atoms with van der Waals surface area (Å²) in [5.41, 5.74) is 3.11. The number of hydrogen-bond donors (Lipinski definition) is 1. The van der Waals surface area contributed by atoms with Gasteiger partial charge < -0.3 is 5.32 Å². The maximum atomic E-state index is 4.51. The lowest BCUT2D eigenvalue weighted by atomic mass is 9.75. The van der Waals surface area contributed by atoms with E-state index in [2.05, 4.69) is 37.1 Å². The molecular formula is C16H26N2. The fourth-order valence-electron chi connectivity index (χ4n) is 3.07. The molecule has 0 aliphatic heterocycles. The van der Waals surface area contributed by atoms with Crippen LogP contribution in [0.2, 0.25) is 0 Å². The van der Waals surface area contributed by atoms with Crippen molar-refractivity contribution in [2.24, 2.45) is 5.41 Å². The van der Waals surface area contributed by atoms with Crippen LogP contribution in [-0.4, -0.2) is 11.0 Å². The number of hydrogen-bond acceptors (Lipinski definition) is 2. The van der Waals surface area contributed by atoms with Crippen LogP contribution in [0.3, 0.4) is 0 Å². The average molecular weight is 246 g/mol. The Kier molecular flexibility index (Phi) is 4.39. The Bertz CT molecular complexity index is 384. The Balaban J connectivity index is 1.91. The lowest BCUT2D eigenvalue weighted by Crippen LogP contribution is -2.37. The second-order valence-electron chi connectivity index (χ2n) is 6.30. The van der Waals surface area contributed by atoms with Crippen molar-refractivity contribution in [3.63, 3.8) is 0 Å². The molecule has 0 saturated heterocycles. The normalized spacial score (nSPS) is 22.9. The van der Waals surface area contributed by atoms with Gasteiger partial charge in [-0.15, -0.1) is 0 Å². The van der Waals surface area contributed by atoms with E-state index in [0.717, 1.165) is 13.0 Å². The third kappa shape index (κ3) is 3.55. The summed E-state index contributed by atoms with van der Waals surface area (Å²) >= 11 is 0. The van der Waals surface area contributed by atoms with Gasteiger partial charge >= 0.3 is 0 Å². The molecule has 18 heavy (non-hydrogen) atoms. The predicted octanol–water partition coefficient (Wildman–Crippen LogP) is 3.70. The Morgan fingerprint density at radius 1 is 1.44 bits per heavy atom. The van der Waals surface area contributed by atoms with E-state index in [1.807, 2.05) is 12.3 Å². The molecule has 0 aromatic carbocycles. The molecule has 1 N–H and O–H groups in total. The third-order valence-electron chi connectivity index (χ3n) is 4.13. The summed E-state index contributed by atoms with van der Waals surface area (Å²) in [6, 6.07) is 4.89. The lowest BCUT2D eigenvalue weighted by molar-refractivity contribution is 0.197. The molecule has 1 saturated carbocycles. The minimum absolute atomic E-state index is 0.508. The minimum Gasteiger partial charge on any atom is -0.308 e. The Hall–Kier alpha value is -0.890. The molecule has 1 aromatic heterocycles. The molecular weight excluding hydrogens is 220 g/mol. The highest BCUT2D eigenvalue weighted by Crippen LogP contribution is 2.35. The zero-order valence-corrected chi connectivity index (χ0v) is 12.0. The fourth-order valence-corrected chi connectivity index (χ4v) is 3.07. The largest absolute Gasteiger partial charge is 0.308 e. The van der Waals surface area contributed by atoms with Crippen molar-refractivity contribution in [3.8, 4) is 0 Å². The van der Waals surface area contributed by atoms with E-state index in [4.69, 9.17) is 0 Å². The van der Waals surface area contributed by atoms with Crippen molar-refractivity contribution in [1.82, 2.24) is 10.3 Å². The highest BCUT2D eigenvalue weighted by Gasteiger charge is 2.27. The molecule has 0 spiro atoms. The summed E-state index contributed by atoms with van der Waals surface area (Å²) in [4.78, 5) is 4.51.